The number of hydrogen-bond donors (Lipinski definition) is 1. The van der Waals surface area contributed by atoms with Gasteiger partial charge in [0.2, 0.25) is 0 Å². The highest BCUT2D eigenvalue weighted by molar-refractivity contribution is 6.30. The molecule has 146 valence electrons. The Labute approximate surface area is 173 Å². The van der Waals surface area contributed by atoms with Crippen LogP contribution in [0.5, 0.6) is 0 Å². The van der Waals surface area contributed by atoms with E-state index in [1.54, 1.807) is 86.9 Å². The molecule has 0 radical (unpaired) electrons. The van der Waals surface area contributed by atoms with Gasteiger partial charge < -0.3 is 10.2 Å². The first-order chi connectivity index (χ1) is 13.9. The summed E-state index contributed by atoms with van der Waals surface area (Å²) in [5.74, 6) is -0.874. The zero-order chi connectivity index (χ0) is 21.0. The van der Waals surface area contributed by atoms with Crippen molar-refractivity contribution in [3.63, 3.8) is 0 Å². The third-order valence-corrected chi connectivity index (χ3v) is 4.55. The Balaban J connectivity index is 1.88. The van der Waals surface area contributed by atoms with Crippen molar-refractivity contribution in [2.45, 2.75) is 0 Å². The lowest BCUT2D eigenvalue weighted by molar-refractivity contribution is 0.0827. The number of benzene rings is 3. The monoisotopic (exact) mass is 406 g/mol. The van der Waals surface area contributed by atoms with Gasteiger partial charge in [0.1, 0.15) is 0 Å². The molecule has 0 aliphatic carbocycles. The number of hydrogen-bond acceptors (Lipinski definition) is 3. The second kappa shape index (κ2) is 8.71. The summed E-state index contributed by atoms with van der Waals surface area (Å²) in [4.78, 5) is 39.3. The van der Waals surface area contributed by atoms with Gasteiger partial charge in [-0.25, -0.2) is 0 Å². The van der Waals surface area contributed by atoms with E-state index >= 15 is 0 Å². The minimum absolute atomic E-state index is 0.167. The maximum Gasteiger partial charge on any atom is 0.256 e. The Morgan fingerprint density at radius 3 is 2.10 bits per heavy atom. The molecule has 0 fully saturated rings. The van der Waals surface area contributed by atoms with Crippen LogP contribution in [-0.2, 0) is 0 Å². The number of nitrogens with zero attached hydrogens (tertiary/aromatic N) is 1. The van der Waals surface area contributed by atoms with Crippen LogP contribution in [0.4, 0.5) is 5.69 Å². The van der Waals surface area contributed by atoms with Crippen LogP contribution in [0.3, 0.4) is 0 Å². The minimum Gasteiger partial charge on any atom is -0.345 e. The van der Waals surface area contributed by atoms with Gasteiger partial charge in [0, 0.05) is 41.5 Å². The molecule has 3 aromatic rings. The third-order valence-electron chi connectivity index (χ3n) is 4.30. The van der Waals surface area contributed by atoms with Crippen molar-refractivity contribution < 1.29 is 14.4 Å². The van der Waals surface area contributed by atoms with Gasteiger partial charge in [0.15, 0.2) is 5.78 Å². The third kappa shape index (κ3) is 4.70. The summed E-state index contributed by atoms with van der Waals surface area (Å²) in [7, 11) is 3.32. The standard InChI is InChI=1S/C23H19ClN2O3/c1-26(2)23(29)16-6-5-7-18(14-16)25-22(28)20-9-4-3-8-19(20)21(27)15-10-12-17(24)13-11-15/h3-14H,1-2H3,(H,25,28). The Hall–Kier alpha value is -3.44. The highest BCUT2D eigenvalue weighted by atomic mass is 35.5. The zero-order valence-corrected chi connectivity index (χ0v) is 16.7. The molecule has 2 amide bonds. The molecular weight excluding hydrogens is 388 g/mol. The summed E-state index contributed by atoms with van der Waals surface area (Å²) >= 11 is 5.89. The fourth-order valence-corrected chi connectivity index (χ4v) is 2.95. The van der Waals surface area contributed by atoms with Crippen molar-refractivity contribution in [3.8, 4) is 0 Å². The predicted molar refractivity (Wildman–Crippen MR) is 114 cm³/mol. The Morgan fingerprint density at radius 2 is 1.45 bits per heavy atom. The molecule has 6 heteroatoms. The summed E-state index contributed by atoms with van der Waals surface area (Å²) in [6, 6.07) is 19.8. The molecule has 0 atom stereocenters. The van der Waals surface area contributed by atoms with Gasteiger partial charge in [-0.2, -0.15) is 0 Å². The smallest absolute Gasteiger partial charge is 0.256 e. The van der Waals surface area contributed by atoms with Gasteiger partial charge >= 0.3 is 0 Å². The van der Waals surface area contributed by atoms with Crippen LogP contribution >= 0.6 is 11.6 Å². The maximum absolute atomic E-state index is 12.9. The lowest BCUT2D eigenvalue weighted by atomic mass is 9.98. The molecule has 0 unspecified atom stereocenters. The van der Waals surface area contributed by atoms with Crippen LogP contribution in [0.2, 0.25) is 5.02 Å². The van der Waals surface area contributed by atoms with Crippen LogP contribution in [0.15, 0.2) is 72.8 Å². The van der Waals surface area contributed by atoms with Gasteiger partial charge in [-0.05, 0) is 48.5 Å². The Morgan fingerprint density at radius 1 is 0.793 bits per heavy atom. The predicted octanol–water partition coefficient (Wildman–Crippen LogP) is 4.53. The van der Waals surface area contributed by atoms with E-state index in [9.17, 15) is 14.4 Å². The van der Waals surface area contributed by atoms with Gasteiger partial charge in [0.05, 0.1) is 5.56 Å². The van der Waals surface area contributed by atoms with Crippen molar-refractivity contribution in [3.05, 3.63) is 100 Å². The van der Waals surface area contributed by atoms with Crippen molar-refractivity contribution in [2.75, 3.05) is 19.4 Å². The summed E-state index contributed by atoms with van der Waals surface area (Å²) in [5, 5.41) is 3.29. The molecule has 0 aliphatic heterocycles. The molecule has 29 heavy (non-hydrogen) atoms. The average molecular weight is 407 g/mol. The highest BCUT2D eigenvalue weighted by Crippen LogP contribution is 2.19. The quantitative estimate of drug-likeness (QED) is 0.633. The SMILES string of the molecule is CN(C)C(=O)c1cccc(NC(=O)c2ccccc2C(=O)c2ccc(Cl)cc2)c1. The number of carbonyl (C=O) groups excluding carboxylic acids is 3. The first kappa shape index (κ1) is 20.3. The molecule has 3 rings (SSSR count). The van der Waals surface area contributed by atoms with E-state index in [1.165, 1.54) is 4.90 Å². The van der Waals surface area contributed by atoms with Crippen LogP contribution < -0.4 is 5.32 Å². The van der Waals surface area contributed by atoms with Crippen LogP contribution in [0.1, 0.15) is 36.6 Å². The van der Waals surface area contributed by atoms with Crippen molar-refractivity contribution in [1.29, 1.82) is 0 Å². The van der Waals surface area contributed by atoms with E-state index in [2.05, 4.69) is 5.32 Å². The second-order valence-electron chi connectivity index (χ2n) is 6.62. The van der Waals surface area contributed by atoms with Crippen LogP contribution in [-0.4, -0.2) is 36.6 Å². The van der Waals surface area contributed by atoms with Crippen molar-refractivity contribution in [2.24, 2.45) is 0 Å². The number of amides is 2. The number of nitrogens with one attached hydrogen (secondary N) is 1. The molecule has 0 spiro atoms. The van der Waals surface area contributed by atoms with E-state index in [0.717, 1.165) is 0 Å². The molecule has 0 bridgehead atoms. The Bertz CT molecular complexity index is 1080. The molecule has 1 N–H and O–H groups in total. The lowest BCUT2D eigenvalue weighted by Gasteiger charge is -2.13. The summed E-state index contributed by atoms with van der Waals surface area (Å²) in [5.41, 5.74) is 1.90. The van der Waals surface area contributed by atoms with Gasteiger partial charge in [-0.3, -0.25) is 14.4 Å². The van der Waals surface area contributed by atoms with Crippen molar-refractivity contribution in [1.82, 2.24) is 4.90 Å². The van der Waals surface area contributed by atoms with Crippen molar-refractivity contribution >= 4 is 34.9 Å². The molecule has 3 aromatic carbocycles. The largest absolute Gasteiger partial charge is 0.345 e. The van der Waals surface area contributed by atoms with E-state index in [1.807, 2.05) is 0 Å². The number of rotatable bonds is 5. The van der Waals surface area contributed by atoms with Crippen LogP contribution in [0.25, 0.3) is 0 Å². The van der Waals surface area contributed by atoms with Gasteiger partial charge in [-0.15, -0.1) is 0 Å². The minimum atomic E-state index is -0.433. The second-order valence-corrected chi connectivity index (χ2v) is 7.05. The van der Waals surface area contributed by atoms with Crippen LogP contribution in [0, 0.1) is 0 Å². The Kier molecular flexibility index (Phi) is 6.10. The first-order valence-corrected chi connectivity index (χ1v) is 9.27. The summed E-state index contributed by atoms with van der Waals surface area (Å²) in [6.07, 6.45) is 0. The molecular formula is C23H19ClN2O3. The number of halogens is 1. The summed E-state index contributed by atoms with van der Waals surface area (Å²) in [6.45, 7) is 0. The van der Waals surface area contributed by atoms with E-state index in [4.69, 9.17) is 11.6 Å². The molecule has 0 saturated heterocycles. The number of anilines is 1. The lowest BCUT2D eigenvalue weighted by Crippen LogP contribution is -2.22. The molecule has 5 nitrogen and oxygen atoms in total. The highest BCUT2D eigenvalue weighted by Gasteiger charge is 2.18. The normalized spacial score (nSPS) is 10.3. The molecule has 0 aliphatic rings. The fourth-order valence-electron chi connectivity index (χ4n) is 2.82. The molecule has 0 saturated carbocycles. The van der Waals surface area contributed by atoms with Gasteiger partial charge in [0.25, 0.3) is 11.8 Å². The topological polar surface area (TPSA) is 66.5 Å². The average Bonchev–Trinajstić information content (AvgIpc) is 2.73. The van der Waals surface area contributed by atoms with E-state index in [-0.39, 0.29) is 22.8 Å². The first-order valence-electron chi connectivity index (χ1n) is 8.89. The van der Waals surface area contributed by atoms with E-state index < -0.39 is 5.91 Å². The number of ketones is 1. The molecule has 0 heterocycles. The number of carbonyl (C=O) groups is 3. The molecule has 0 aromatic heterocycles. The van der Waals surface area contributed by atoms with E-state index in [0.29, 0.717) is 21.8 Å². The fraction of sp³-hybridized carbons (Fsp3) is 0.0870. The van der Waals surface area contributed by atoms with Gasteiger partial charge in [-0.1, -0.05) is 35.9 Å². The summed E-state index contributed by atoms with van der Waals surface area (Å²) < 4.78 is 0. The zero-order valence-electron chi connectivity index (χ0n) is 16.0. The maximum atomic E-state index is 12.9.